The van der Waals surface area contributed by atoms with E-state index < -0.39 is 91.1 Å². The van der Waals surface area contributed by atoms with Gasteiger partial charge in [-0.15, -0.1) is 15.3 Å². The van der Waals surface area contributed by atoms with Crippen LogP contribution in [0, 0.1) is 0 Å². The smallest absolute Gasteiger partial charge is 0.744 e. The van der Waals surface area contributed by atoms with E-state index in [1.165, 1.54) is 12.1 Å². The molecule has 3 rings (SSSR count). The predicted molar refractivity (Wildman–Crippen MR) is 147 cm³/mol. The van der Waals surface area contributed by atoms with Crippen molar-refractivity contribution in [2.75, 3.05) is 23.8 Å². The Balaban J connectivity index is 0. The number of anilines is 2. The van der Waals surface area contributed by atoms with Gasteiger partial charge in [0.1, 0.15) is 37.3 Å². The van der Waals surface area contributed by atoms with E-state index in [0.717, 1.165) is 36.4 Å². The van der Waals surface area contributed by atoms with Gasteiger partial charge >= 0.3 is 88.7 Å². The van der Waals surface area contributed by atoms with Crippen LogP contribution in [-0.4, -0.2) is 59.7 Å². The van der Waals surface area contributed by atoms with Crippen molar-refractivity contribution < 1.29 is 140 Å². The normalized spacial score (nSPS) is 12.1. The molecule has 46 heavy (non-hydrogen) atoms. The Bertz CT molecular complexity index is 2030. The second-order valence-corrected chi connectivity index (χ2v) is 13.7. The van der Waals surface area contributed by atoms with E-state index >= 15 is 0 Å². The van der Waals surface area contributed by atoms with Crippen molar-refractivity contribution in [3.8, 4) is 0 Å². The van der Waals surface area contributed by atoms with E-state index in [1.807, 2.05) is 0 Å². The Labute approximate surface area is 331 Å². The molecular weight excluding hydrogens is 725 g/mol. The molecule has 4 N–H and O–H groups in total. The molecule has 3 aromatic carbocycles. The summed E-state index contributed by atoms with van der Waals surface area (Å²) in [5.74, 6) is -0.832. The van der Waals surface area contributed by atoms with Gasteiger partial charge in [0, 0.05) is 0 Å². The Morgan fingerprint density at radius 3 is 1.70 bits per heavy atom. The van der Waals surface area contributed by atoms with Gasteiger partial charge in [-0.1, -0.05) is 19.6 Å². The summed E-state index contributed by atoms with van der Waals surface area (Å²) in [4.78, 5) is -2.06. The third-order valence-electron chi connectivity index (χ3n) is 5.03. The standard InChI is InChI=1S/C20H20N6O12S4.CH4.3Na/c21-18-15(25-24-14-3-1-2-4-16(14)40(29,30)31)11-17(41(32,33)34)19(22)20(18)26-23-12-5-7-13(8-6-12)39(27,28)10-9-38-42(35,36)37;;;;/h1-8,11H,9-10,21-22H2,(H,29,30,31)(H,32,33,34)(H,35,36,37);1H4;;;/q;;3*+1/p-3. The first-order valence-electron chi connectivity index (χ1n) is 10.8. The molecule has 0 heterocycles. The fraction of sp³-hybridized carbons (Fsp3) is 0.143. The zero-order valence-corrected chi connectivity index (χ0v) is 32.9. The first-order chi connectivity index (χ1) is 19.3. The quantitative estimate of drug-likeness (QED) is 0.0606. The molecule has 234 valence electrons. The van der Waals surface area contributed by atoms with Crippen molar-refractivity contribution in [3.05, 3.63) is 54.6 Å². The van der Waals surface area contributed by atoms with Gasteiger partial charge < -0.3 is 25.1 Å². The van der Waals surface area contributed by atoms with E-state index in [-0.39, 0.29) is 107 Å². The molecule has 0 unspecified atom stereocenters. The molecule has 0 atom stereocenters. The zero-order chi connectivity index (χ0) is 31.5. The van der Waals surface area contributed by atoms with E-state index in [0.29, 0.717) is 6.07 Å². The summed E-state index contributed by atoms with van der Waals surface area (Å²) in [5.41, 5.74) is 9.08. The van der Waals surface area contributed by atoms with E-state index in [4.69, 9.17) is 11.5 Å². The largest absolute Gasteiger partial charge is 1.00 e. The molecule has 0 fully saturated rings. The molecule has 25 heteroatoms. The maximum Gasteiger partial charge on any atom is 1.00 e. The molecule has 0 aromatic heterocycles. The fourth-order valence-electron chi connectivity index (χ4n) is 3.11. The molecule has 0 radical (unpaired) electrons. The summed E-state index contributed by atoms with van der Waals surface area (Å²) in [7, 11) is -19.4. The summed E-state index contributed by atoms with van der Waals surface area (Å²) in [5, 5.41) is 14.8. The van der Waals surface area contributed by atoms with Crippen LogP contribution < -0.4 is 100 Å². The zero-order valence-electron chi connectivity index (χ0n) is 23.6. The third kappa shape index (κ3) is 13.2. The fourth-order valence-corrected chi connectivity index (χ4v) is 5.82. The van der Waals surface area contributed by atoms with Crippen LogP contribution in [0.1, 0.15) is 7.43 Å². The van der Waals surface area contributed by atoms with Crippen LogP contribution in [0.5, 0.6) is 0 Å². The maximum atomic E-state index is 12.3. The Hall–Kier alpha value is -0.900. The van der Waals surface area contributed by atoms with Crippen LogP contribution in [0.2, 0.25) is 0 Å². The van der Waals surface area contributed by atoms with Crippen molar-refractivity contribution in [1.82, 2.24) is 0 Å². The van der Waals surface area contributed by atoms with Gasteiger partial charge in [0.05, 0.1) is 44.1 Å². The average Bonchev–Trinajstić information content (AvgIpc) is 2.86. The number of hydrogen-bond acceptors (Lipinski definition) is 18. The summed E-state index contributed by atoms with van der Waals surface area (Å²) in [6.07, 6.45) is 0. The van der Waals surface area contributed by atoms with Crippen LogP contribution in [0.4, 0.5) is 34.1 Å². The monoisotopic (exact) mass is 746 g/mol. The summed E-state index contributed by atoms with van der Waals surface area (Å²) in [6.45, 7) is -0.912. The van der Waals surface area contributed by atoms with Crippen LogP contribution in [0.3, 0.4) is 0 Å². The van der Waals surface area contributed by atoms with Gasteiger partial charge in [-0.05, 0) is 42.5 Å². The first kappa shape index (κ1) is 47.2. The third-order valence-corrected chi connectivity index (χ3v) is 8.94. The molecule has 0 amide bonds. The summed E-state index contributed by atoms with van der Waals surface area (Å²) >= 11 is 0. The van der Waals surface area contributed by atoms with E-state index in [1.54, 1.807) is 0 Å². The number of nitrogen functional groups attached to an aromatic ring is 2. The van der Waals surface area contributed by atoms with Gasteiger partial charge in [-0.3, -0.25) is 4.18 Å². The minimum atomic E-state index is -5.25. The topological polar surface area (TPSA) is 316 Å². The molecule has 0 spiro atoms. The van der Waals surface area contributed by atoms with Crippen LogP contribution in [0.15, 0.2) is 89.7 Å². The number of benzene rings is 3. The molecule has 0 aliphatic heterocycles. The number of sulfone groups is 1. The van der Waals surface area contributed by atoms with Gasteiger partial charge in [0.25, 0.3) is 0 Å². The number of nitrogens with two attached hydrogens (primary N) is 2. The number of azo groups is 2. The maximum absolute atomic E-state index is 12.3. The van der Waals surface area contributed by atoms with Crippen molar-refractivity contribution >= 4 is 74.6 Å². The van der Waals surface area contributed by atoms with Crippen molar-refractivity contribution in [1.29, 1.82) is 0 Å². The Morgan fingerprint density at radius 2 is 1.17 bits per heavy atom. The van der Waals surface area contributed by atoms with Crippen LogP contribution in [-0.2, 0) is 44.7 Å². The van der Waals surface area contributed by atoms with Gasteiger partial charge in [0.15, 0.2) is 9.84 Å². The molecule has 0 saturated heterocycles. The molecular formula is C21H21N6Na3O12S4. The first-order valence-corrected chi connectivity index (χ1v) is 16.6. The second-order valence-electron chi connectivity index (χ2n) is 7.89. The Morgan fingerprint density at radius 1 is 0.652 bits per heavy atom. The number of rotatable bonds is 11. The van der Waals surface area contributed by atoms with Crippen molar-refractivity contribution in [2.24, 2.45) is 20.5 Å². The van der Waals surface area contributed by atoms with Gasteiger partial charge in [0.2, 0.25) is 10.4 Å². The minimum Gasteiger partial charge on any atom is -0.744 e. The van der Waals surface area contributed by atoms with E-state index in [2.05, 4.69) is 24.6 Å². The van der Waals surface area contributed by atoms with Crippen molar-refractivity contribution in [3.63, 3.8) is 0 Å². The van der Waals surface area contributed by atoms with Crippen LogP contribution >= 0.6 is 0 Å². The van der Waals surface area contributed by atoms with Gasteiger partial charge in [-0.25, -0.2) is 33.7 Å². The Kier molecular flexibility index (Phi) is 19.2. The summed E-state index contributed by atoms with van der Waals surface area (Å²) < 4.78 is 130. The summed E-state index contributed by atoms with van der Waals surface area (Å²) in [6, 6.07) is 9.72. The molecule has 3 aromatic rings. The minimum absolute atomic E-state index is 0. The van der Waals surface area contributed by atoms with Gasteiger partial charge in [-0.2, -0.15) is 5.11 Å². The number of hydrogen-bond donors (Lipinski definition) is 2. The van der Waals surface area contributed by atoms with Crippen molar-refractivity contribution in [2.45, 2.75) is 22.1 Å². The predicted octanol–water partition coefficient (Wildman–Crippen LogP) is -6.61. The number of nitrogens with zero attached hydrogens (tertiary/aromatic N) is 4. The van der Waals surface area contributed by atoms with E-state index in [9.17, 15) is 47.3 Å². The second kappa shape index (κ2) is 18.7. The average molecular weight is 747 g/mol. The SMILES string of the molecule is C.Nc1c(N=Nc2ccccc2S(=O)(=O)[O-])cc(S(=O)(=O)[O-])c(N)c1N=Nc1ccc(S(=O)(=O)CCOS(=O)(=O)[O-])cc1.[Na+].[Na+].[Na+]. The van der Waals surface area contributed by atoms with Crippen LogP contribution in [0.25, 0.3) is 0 Å². The molecule has 0 saturated carbocycles. The molecule has 0 aliphatic carbocycles. The molecule has 18 nitrogen and oxygen atoms in total. The molecule has 0 bridgehead atoms. The molecule has 0 aliphatic rings.